The van der Waals surface area contributed by atoms with Gasteiger partial charge < -0.3 is 19.8 Å². The van der Waals surface area contributed by atoms with Crippen molar-refractivity contribution in [2.24, 2.45) is 0 Å². The summed E-state index contributed by atoms with van der Waals surface area (Å²) in [6.45, 7) is 0. The van der Waals surface area contributed by atoms with Gasteiger partial charge in [0.05, 0.1) is 41.0 Å². The monoisotopic (exact) mass is 365 g/mol. The van der Waals surface area contributed by atoms with Crippen LogP contribution in [0.1, 0.15) is 10.4 Å². The number of carbonyl (C=O) groups is 1. The van der Waals surface area contributed by atoms with Gasteiger partial charge >= 0.3 is 5.97 Å². The molecule has 2 aromatic carbocycles. The normalized spacial score (nSPS) is 10.7. The molecule has 0 atom stereocenters. The molecule has 0 radical (unpaired) electrons. The fourth-order valence-corrected chi connectivity index (χ4v) is 2.76. The molecule has 8 heteroatoms. The van der Waals surface area contributed by atoms with Crippen LogP contribution in [-0.4, -0.2) is 30.2 Å². The van der Waals surface area contributed by atoms with Crippen LogP contribution >= 0.6 is 23.2 Å². The van der Waals surface area contributed by atoms with Crippen molar-refractivity contribution < 1.29 is 14.3 Å². The average Bonchev–Trinajstić information content (AvgIpc) is 2.97. The Labute approximate surface area is 147 Å². The third-order valence-electron chi connectivity index (χ3n) is 3.41. The highest BCUT2D eigenvalue weighted by molar-refractivity contribution is 6.39. The summed E-state index contributed by atoms with van der Waals surface area (Å²) in [6, 6.07) is 8.46. The molecule has 2 N–H and O–H groups in total. The van der Waals surface area contributed by atoms with Crippen molar-refractivity contribution in [1.29, 1.82) is 0 Å². The summed E-state index contributed by atoms with van der Waals surface area (Å²) < 4.78 is 9.98. The lowest BCUT2D eigenvalue weighted by Crippen LogP contribution is -2.03. The quantitative estimate of drug-likeness (QED) is 0.669. The fraction of sp³-hybridized carbons (Fsp3) is 0.125. The molecule has 0 fully saturated rings. The number of methoxy groups -OCH3 is 2. The van der Waals surface area contributed by atoms with Crippen LogP contribution in [-0.2, 0) is 4.74 Å². The predicted octanol–water partition coefficient (Wildman–Crippen LogP) is 4.41. The second kappa shape index (κ2) is 6.59. The Morgan fingerprint density at radius 1 is 1.21 bits per heavy atom. The molecule has 0 bridgehead atoms. The minimum absolute atomic E-state index is 0.304. The maximum absolute atomic E-state index is 11.8. The van der Waals surface area contributed by atoms with Gasteiger partial charge in [0.25, 0.3) is 0 Å². The number of nitrogens with one attached hydrogen (secondary N) is 2. The van der Waals surface area contributed by atoms with E-state index in [9.17, 15) is 4.79 Å². The van der Waals surface area contributed by atoms with Gasteiger partial charge in [0.1, 0.15) is 11.3 Å². The Morgan fingerprint density at radius 3 is 2.54 bits per heavy atom. The van der Waals surface area contributed by atoms with E-state index in [0.717, 1.165) is 0 Å². The SMILES string of the molecule is COC(=O)c1cc2[nH]c(Nc3c(Cl)cccc3Cl)nc2cc1OC. The number of benzene rings is 2. The first-order valence-corrected chi connectivity index (χ1v) is 7.66. The van der Waals surface area contributed by atoms with E-state index in [1.54, 1.807) is 30.3 Å². The van der Waals surface area contributed by atoms with E-state index in [0.29, 0.717) is 44.0 Å². The van der Waals surface area contributed by atoms with E-state index in [1.165, 1.54) is 14.2 Å². The maximum Gasteiger partial charge on any atom is 0.341 e. The van der Waals surface area contributed by atoms with Crippen LogP contribution in [0.4, 0.5) is 11.6 Å². The van der Waals surface area contributed by atoms with Crippen LogP contribution in [0.25, 0.3) is 11.0 Å². The first-order chi connectivity index (χ1) is 11.5. The number of rotatable bonds is 4. The van der Waals surface area contributed by atoms with Gasteiger partial charge in [0, 0.05) is 6.07 Å². The van der Waals surface area contributed by atoms with Gasteiger partial charge in [-0.2, -0.15) is 0 Å². The number of para-hydroxylation sites is 1. The summed E-state index contributed by atoms with van der Waals surface area (Å²) in [7, 11) is 2.79. The van der Waals surface area contributed by atoms with Crippen LogP contribution in [0, 0.1) is 0 Å². The number of esters is 1. The number of ether oxygens (including phenoxy) is 2. The number of H-pyrrole nitrogens is 1. The minimum atomic E-state index is -0.494. The smallest absolute Gasteiger partial charge is 0.341 e. The lowest BCUT2D eigenvalue weighted by Gasteiger charge is -2.06. The van der Waals surface area contributed by atoms with E-state index >= 15 is 0 Å². The van der Waals surface area contributed by atoms with E-state index in [4.69, 9.17) is 32.7 Å². The van der Waals surface area contributed by atoms with Crippen molar-refractivity contribution in [2.45, 2.75) is 0 Å². The van der Waals surface area contributed by atoms with Crippen molar-refractivity contribution in [3.8, 4) is 5.75 Å². The summed E-state index contributed by atoms with van der Waals surface area (Å²) >= 11 is 12.3. The molecule has 0 aliphatic heterocycles. The van der Waals surface area contributed by atoms with Crippen LogP contribution < -0.4 is 10.1 Å². The van der Waals surface area contributed by atoms with E-state index in [2.05, 4.69) is 15.3 Å². The lowest BCUT2D eigenvalue weighted by atomic mass is 10.2. The number of hydrogen-bond donors (Lipinski definition) is 2. The number of carbonyl (C=O) groups excluding carboxylic acids is 1. The van der Waals surface area contributed by atoms with Gasteiger partial charge in [0.2, 0.25) is 5.95 Å². The first-order valence-electron chi connectivity index (χ1n) is 6.90. The minimum Gasteiger partial charge on any atom is -0.496 e. The zero-order valence-corrected chi connectivity index (χ0v) is 14.3. The molecule has 1 aromatic heterocycles. The summed E-state index contributed by atoms with van der Waals surface area (Å²) in [4.78, 5) is 19.3. The highest BCUT2D eigenvalue weighted by Crippen LogP contribution is 2.33. The van der Waals surface area contributed by atoms with Crippen molar-refractivity contribution in [1.82, 2.24) is 9.97 Å². The van der Waals surface area contributed by atoms with Gasteiger partial charge in [-0.25, -0.2) is 9.78 Å². The van der Waals surface area contributed by atoms with Crippen LogP contribution in [0.2, 0.25) is 10.0 Å². The number of nitrogens with zero attached hydrogens (tertiary/aromatic N) is 1. The van der Waals surface area contributed by atoms with Crippen LogP contribution in [0.5, 0.6) is 5.75 Å². The highest BCUT2D eigenvalue weighted by Gasteiger charge is 2.16. The molecule has 6 nitrogen and oxygen atoms in total. The summed E-state index contributed by atoms with van der Waals surface area (Å²) in [6.07, 6.45) is 0. The molecule has 1 heterocycles. The fourth-order valence-electron chi connectivity index (χ4n) is 2.27. The molecule has 0 saturated carbocycles. The molecule has 0 amide bonds. The number of aromatic amines is 1. The molecule has 24 heavy (non-hydrogen) atoms. The van der Waals surface area contributed by atoms with E-state index in [1.807, 2.05) is 0 Å². The maximum atomic E-state index is 11.8. The highest BCUT2D eigenvalue weighted by atomic mass is 35.5. The number of aromatic nitrogens is 2. The summed E-state index contributed by atoms with van der Waals surface area (Å²) in [5.74, 6) is 0.319. The van der Waals surface area contributed by atoms with Crippen molar-refractivity contribution in [2.75, 3.05) is 19.5 Å². The predicted molar refractivity (Wildman–Crippen MR) is 93.7 cm³/mol. The third kappa shape index (κ3) is 2.98. The Kier molecular flexibility index (Phi) is 4.51. The third-order valence-corrected chi connectivity index (χ3v) is 4.04. The summed E-state index contributed by atoms with van der Waals surface area (Å²) in [5, 5.41) is 3.98. The molecule has 3 rings (SSSR count). The molecular formula is C16H13Cl2N3O3. The molecule has 0 spiro atoms. The molecule has 0 saturated heterocycles. The number of anilines is 2. The molecular weight excluding hydrogens is 353 g/mol. The van der Waals surface area contributed by atoms with E-state index in [-0.39, 0.29) is 0 Å². The average molecular weight is 366 g/mol. The Morgan fingerprint density at radius 2 is 1.92 bits per heavy atom. The molecule has 0 aliphatic carbocycles. The van der Waals surface area contributed by atoms with Crippen molar-refractivity contribution >= 4 is 51.8 Å². The van der Waals surface area contributed by atoms with E-state index < -0.39 is 5.97 Å². The zero-order valence-electron chi connectivity index (χ0n) is 12.8. The van der Waals surface area contributed by atoms with Gasteiger partial charge in [-0.3, -0.25) is 0 Å². The lowest BCUT2D eigenvalue weighted by molar-refractivity contribution is 0.0597. The van der Waals surface area contributed by atoms with Gasteiger partial charge in [-0.15, -0.1) is 0 Å². The standard InChI is InChI=1S/C16H13Cl2N3O3/c1-23-13-7-12-11(6-8(13)15(22)24-2)19-16(20-12)21-14-9(17)4-3-5-10(14)18/h3-7H,1-2H3,(H2,19,20,21). The molecule has 3 aromatic rings. The van der Waals surface area contributed by atoms with Crippen LogP contribution in [0.15, 0.2) is 30.3 Å². The number of fused-ring (bicyclic) bond motifs is 1. The summed E-state index contributed by atoms with van der Waals surface area (Å²) in [5.41, 5.74) is 2.10. The van der Waals surface area contributed by atoms with Crippen molar-refractivity contribution in [3.63, 3.8) is 0 Å². The van der Waals surface area contributed by atoms with Crippen LogP contribution in [0.3, 0.4) is 0 Å². The Bertz CT molecular complexity index is 904. The second-order valence-electron chi connectivity index (χ2n) is 4.87. The topological polar surface area (TPSA) is 76.2 Å². The van der Waals surface area contributed by atoms with Gasteiger partial charge in [-0.05, 0) is 18.2 Å². The molecule has 124 valence electrons. The Balaban J connectivity index is 2.04. The second-order valence-corrected chi connectivity index (χ2v) is 5.68. The molecule has 0 aliphatic rings. The van der Waals surface area contributed by atoms with Crippen molar-refractivity contribution in [3.05, 3.63) is 45.9 Å². The largest absolute Gasteiger partial charge is 0.496 e. The number of imidazole rings is 1. The zero-order chi connectivity index (χ0) is 17.3. The van der Waals surface area contributed by atoms with Gasteiger partial charge in [0.15, 0.2) is 0 Å². The van der Waals surface area contributed by atoms with Gasteiger partial charge in [-0.1, -0.05) is 29.3 Å². The molecule has 0 unspecified atom stereocenters. The first kappa shape index (κ1) is 16.4. The Hall–Kier alpha value is -2.44. The number of hydrogen-bond acceptors (Lipinski definition) is 5. The number of halogens is 2.